The van der Waals surface area contributed by atoms with Gasteiger partial charge in [0.25, 0.3) is 10.0 Å². The summed E-state index contributed by atoms with van der Waals surface area (Å²) in [6.07, 6.45) is 2.15. The number of anilines is 1. The number of sulfonamides is 1. The Kier molecular flexibility index (Phi) is 8.24. The third-order valence-corrected chi connectivity index (χ3v) is 7.00. The first kappa shape index (κ1) is 26.3. The van der Waals surface area contributed by atoms with Crippen LogP contribution < -0.4 is 10.5 Å². The molecule has 8 nitrogen and oxygen atoms in total. The average molecular weight is 497 g/mol. The molecule has 0 saturated carbocycles. The molecule has 0 saturated heterocycles. The van der Waals surface area contributed by atoms with Gasteiger partial charge in [-0.25, -0.2) is 27.9 Å². The van der Waals surface area contributed by atoms with Crippen molar-refractivity contribution in [3.63, 3.8) is 0 Å². The van der Waals surface area contributed by atoms with Crippen LogP contribution in [0, 0.1) is 19.8 Å². The minimum absolute atomic E-state index is 0.00696. The highest BCUT2D eigenvalue weighted by Crippen LogP contribution is 2.28. The first-order chi connectivity index (χ1) is 16.5. The summed E-state index contributed by atoms with van der Waals surface area (Å²) in [5.41, 5.74) is 10.4. The van der Waals surface area contributed by atoms with Crippen molar-refractivity contribution in [1.82, 2.24) is 9.97 Å². The fourth-order valence-corrected chi connectivity index (χ4v) is 5.04. The van der Waals surface area contributed by atoms with E-state index in [1.165, 1.54) is 18.2 Å². The summed E-state index contributed by atoms with van der Waals surface area (Å²) < 4.78 is 28.5. The van der Waals surface area contributed by atoms with E-state index in [2.05, 4.69) is 28.5 Å². The summed E-state index contributed by atoms with van der Waals surface area (Å²) >= 11 is 0. The van der Waals surface area contributed by atoms with E-state index in [9.17, 15) is 18.3 Å². The maximum absolute atomic E-state index is 13.1. The maximum Gasteiger partial charge on any atom is 0.335 e. The zero-order valence-electron chi connectivity index (χ0n) is 20.4. The summed E-state index contributed by atoms with van der Waals surface area (Å²) in [4.78, 5) is 20.1. The van der Waals surface area contributed by atoms with Crippen LogP contribution in [-0.4, -0.2) is 35.5 Å². The Morgan fingerprint density at radius 3 is 2.34 bits per heavy atom. The van der Waals surface area contributed by atoms with E-state index >= 15 is 0 Å². The van der Waals surface area contributed by atoms with Crippen molar-refractivity contribution in [2.75, 3.05) is 4.72 Å². The zero-order chi connectivity index (χ0) is 25.8. The third kappa shape index (κ3) is 6.86. The molecule has 9 heteroatoms. The van der Waals surface area contributed by atoms with Crippen LogP contribution in [-0.2, 0) is 16.4 Å². The van der Waals surface area contributed by atoms with Crippen LogP contribution in [0.1, 0.15) is 53.9 Å². The summed E-state index contributed by atoms with van der Waals surface area (Å²) in [6.45, 7) is 8.19. The normalized spacial score (nSPS) is 12.5. The number of carbonyl (C=O) groups is 1. The van der Waals surface area contributed by atoms with Crippen LogP contribution in [0.5, 0.6) is 0 Å². The molecule has 0 aliphatic rings. The Bertz CT molecular complexity index is 1300. The van der Waals surface area contributed by atoms with Gasteiger partial charge in [0.2, 0.25) is 5.95 Å². The van der Waals surface area contributed by atoms with E-state index in [0.717, 1.165) is 29.2 Å². The molecule has 35 heavy (non-hydrogen) atoms. The number of hydrogen-bond donors (Lipinski definition) is 3. The molecule has 2 aromatic carbocycles. The molecular weight excluding hydrogens is 464 g/mol. The summed E-state index contributed by atoms with van der Waals surface area (Å²) in [5, 5.41) is 9.22. The monoisotopic (exact) mass is 496 g/mol. The molecule has 0 amide bonds. The largest absolute Gasteiger partial charge is 0.478 e. The quantitative estimate of drug-likeness (QED) is 0.374. The Labute approximate surface area is 206 Å². The van der Waals surface area contributed by atoms with Gasteiger partial charge in [-0.1, -0.05) is 38.1 Å². The number of aryl methyl sites for hydroxylation is 3. The molecular formula is C26H32N4O4S. The lowest BCUT2D eigenvalue weighted by Crippen LogP contribution is -2.23. The van der Waals surface area contributed by atoms with Gasteiger partial charge in [-0.2, -0.15) is 0 Å². The number of hydrogen-bond acceptors (Lipinski definition) is 6. The minimum atomic E-state index is -4.12. The molecule has 3 rings (SSSR count). The van der Waals surface area contributed by atoms with E-state index in [4.69, 9.17) is 5.73 Å². The number of carboxylic acids is 1. The topological polar surface area (TPSA) is 135 Å². The standard InChI is InChI=1S/C26H32N4O4S/c1-16(2)13-20(27)11-12-21-15-23(24-17(3)7-5-8-18(24)4)29-26(28-21)30-35(33,34)22-10-6-9-19(14-22)25(31)32/h5-10,14-16,20H,11-13,27H2,1-4H3,(H,31,32)(H,28,29,30). The van der Waals surface area contributed by atoms with Gasteiger partial charge < -0.3 is 10.8 Å². The molecule has 1 unspecified atom stereocenters. The summed E-state index contributed by atoms with van der Waals surface area (Å²) in [5.74, 6) is -0.807. The lowest BCUT2D eigenvalue weighted by molar-refractivity contribution is 0.0696. The predicted molar refractivity (Wildman–Crippen MR) is 137 cm³/mol. The van der Waals surface area contributed by atoms with Crippen LogP contribution in [0.15, 0.2) is 53.4 Å². The molecule has 0 bridgehead atoms. The molecule has 3 aromatic rings. The Hall–Kier alpha value is -3.30. The van der Waals surface area contributed by atoms with Gasteiger partial charge in [0.15, 0.2) is 0 Å². The number of nitrogens with two attached hydrogens (primary N) is 1. The Balaban J connectivity index is 2.01. The number of nitrogens with zero attached hydrogens (tertiary/aromatic N) is 2. The molecule has 186 valence electrons. The minimum Gasteiger partial charge on any atom is -0.478 e. The molecule has 0 fully saturated rings. The second kappa shape index (κ2) is 11.0. The zero-order valence-corrected chi connectivity index (χ0v) is 21.3. The summed E-state index contributed by atoms with van der Waals surface area (Å²) in [7, 11) is -4.12. The van der Waals surface area contributed by atoms with Crippen LogP contribution in [0.2, 0.25) is 0 Å². The van der Waals surface area contributed by atoms with E-state index < -0.39 is 16.0 Å². The van der Waals surface area contributed by atoms with Gasteiger partial charge in [0.1, 0.15) is 0 Å². The fraction of sp³-hybridized carbons (Fsp3) is 0.346. The van der Waals surface area contributed by atoms with Crippen molar-refractivity contribution in [2.45, 2.75) is 57.9 Å². The molecule has 1 aromatic heterocycles. The van der Waals surface area contributed by atoms with E-state index in [-0.39, 0.29) is 22.4 Å². The van der Waals surface area contributed by atoms with Crippen molar-refractivity contribution in [3.05, 3.63) is 70.9 Å². The van der Waals surface area contributed by atoms with E-state index in [1.807, 2.05) is 38.1 Å². The average Bonchev–Trinajstić information content (AvgIpc) is 2.77. The van der Waals surface area contributed by atoms with Gasteiger partial charge in [-0.3, -0.25) is 0 Å². The lowest BCUT2D eigenvalue weighted by atomic mass is 9.97. The number of aromatic nitrogens is 2. The second-order valence-corrected chi connectivity index (χ2v) is 10.9. The van der Waals surface area contributed by atoms with Crippen molar-refractivity contribution in [3.8, 4) is 11.3 Å². The van der Waals surface area contributed by atoms with Gasteiger partial charge in [-0.15, -0.1) is 0 Å². The highest BCUT2D eigenvalue weighted by atomic mass is 32.2. The summed E-state index contributed by atoms with van der Waals surface area (Å²) in [6, 6.07) is 12.9. The van der Waals surface area contributed by atoms with E-state index in [0.29, 0.717) is 30.1 Å². The molecule has 0 aliphatic heterocycles. The highest BCUT2D eigenvalue weighted by Gasteiger charge is 2.20. The van der Waals surface area contributed by atoms with Crippen molar-refractivity contribution in [2.24, 2.45) is 11.7 Å². The van der Waals surface area contributed by atoms with Gasteiger partial charge >= 0.3 is 5.97 Å². The van der Waals surface area contributed by atoms with Gasteiger partial charge in [0, 0.05) is 17.3 Å². The molecule has 1 atom stereocenters. The molecule has 0 radical (unpaired) electrons. The fourth-order valence-electron chi connectivity index (χ4n) is 4.05. The van der Waals surface area contributed by atoms with Crippen LogP contribution >= 0.6 is 0 Å². The number of rotatable bonds is 10. The van der Waals surface area contributed by atoms with Crippen LogP contribution in [0.4, 0.5) is 5.95 Å². The molecule has 4 N–H and O–H groups in total. The predicted octanol–water partition coefficient (Wildman–Crippen LogP) is 4.57. The number of nitrogens with one attached hydrogen (secondary N) is 1. The van der Waals surface area contributed by atoms with E-state index in [1.54, 1.807) is 0 Å². The van der Waals surface area contributed by atoms with Gasteiger partial charge in [-0.05, 0) is 74.4 Å². The van der Waals surface area contributed by atoms with Crippen molar-refractivity contribution >= 4 is 21.9 Å². The van der Waals surface area contributed by atoms with Crippen molar-refractivity contribution < 1.29 is 18.3 Å². The first-order valence-electron chi connectivity index (χ1n) is 11.5. The van der Waals surface area contributed by atoms with Gasteiger partial charge in [0.05, 0.1) is 16.2 Å². The van der Waals surface area contributed by atoms with Crippen molar-refractivity contribution in [1.29, 1.82) is 0 Å². The highest BCUT2D eigenvalue weighted by molar-refractivity contribution is 7.92. The lowest BCUT2D eigenvalue weighted by Gasteiger charge is -2.16. The molecule has 0 aliphatic carbocycles. The number of benzene rings is 2. The second-order valence-electron chi connectivity index (χ2n) is 9.20. The SMILES string of the molecule is Cc1cccc(C)c1-c1cc(CCC(N)CC(C)C)nc(NS(=O)(=O)c2cccc(C(=O)O)c2)n1. The van der Waals surface area contributed by atoms with Crippen LogP contribution in [0.3, 0.4) is 0 Å². The molecule has 1 heterocycles. The smallest absolute Gasteiger partial charge is 0.335 e. The Morgan fingerprint density at radius 1 is 1.06 bits per heavy atom. The number of carboxylic acid groups (broad SMARTS) is 1. The maximum atomic E-state index is 13.1. The Morgan fingerprint density at radius 2 is 1.71 bits per heavy atom. The van der Waals surface area contributed by atoms with Crippen LogP contribution in [0.25, 0.3) is 11.3 Å². The first-order valence-corrected chi connectivity index (χ1v) is 13.0. The number of aromatic carboxylic acids is 1. The third-order valence-electron chi connectivity index (χ3n) is 5.68. The molecule has 0 spiro atoms.